The van der Waals surface area contributed by atoms with Crippen LogP contribution in [0.3, 0.4) is 0 Å². The van der Waals surface area contributed by atoms with Crippen molar-refractivity contribution in [2.24, 2.45) is 0 Å². The first kappa shape index (κ1) is 30.7. The minimum absolute atomic E-state index is 0.0301. The largest absolute Gasteiger partial charge is 0.464 e. The molecule has 0 spiro atoms. The molecular formula is C31H39NO8. The van der Waals surface area contributed by atoms with Crippen molar-refractivity contribution in [3.63, 3.8) is 0 Å². The lowest BCUT2D eigenvalue weighted by Crippen LogP contribution is -2.58. The third-order valence-corrected chi connectivity index (χ3v) is 6.08. The molecule has 216 valence electrons. The fraction of sp³-hybridized carbons (Fsp3) is 0.484. The van der Waals surface area contributed by atoms with Gasteiger partial charge >= 0.3 is 24.0 Å². The molecule has 9 heteroatoms. The van der Waals surface area contributed by atoms with Gasteiger partial charge < -0.3 is 24.3 Å². The monoisotopic (exact) mass is 553 g/mol. The normalized spacial score (nSPS) is 13.1. The summed E-state index contributed by atoms with van der Waals surface area (Å²) in [4.78, 5) is 52.3. The summed E-state index contributed by atoms with van der Waals surface area (Å²) in [5, 5.41) is 2.48. The molecule has 0 radical (unpaired) electrons. The average Bonchev–Trinajstić information content (AvgIpc) is 3.14. The lowest BCUT2D eigenvalue weighted by atomic mass is 9.90. The summed E-state index contributed by atoms with van der Waals surface area (Å²) in [6.07, 6.45) is -2.30. The van der Waals surface area contributed by atoms with Gasteiger partial charge in [-0.25, -0.2) is 9.59 Å². The van der Waals surface area contributed by atoms with E-state index in [0.717, 1.165) is 22.3 Å². The van der Waals surface area contributed by atoms with E-state index >= 15 is 0 Å². The predicted octanol–water partition coefficient (Wildman–Crippen LogP) is 5.29. The van der Waals surface area contributed by atoms with Crippen LogP contribution in [0.4, 0.5) is 4.79 Å². The van der Waals surface area contributed by atoms with E-state index in [9.17, 15) is 19.2 Å². The first-order valence-electron chi connectivity index (χ1n) is 13.4. The summed E-state index contributed by atoms with van der Waals surface area (Å²) < 4.78 is 21.7. The van der Waals surface area contributed by atoms with E-state index < -0.39 is 53.6 Å². The van der Waals surface area contributed by atoms with E-state index in [-0.39, 0.29) is 19.1 Å². The summed E-state index contributed by atoms with van der Waals surface area (Å²) in [6.45, 7) is 11.5. The van der Waals surface area contributed by atoms with Crippen LogP contribution < -0.4 is 5.32 Å². The zero-order chi connectivity index (χ0) is 29.7. The van der Waals surface area contributed by atoms with Gasteiger partial charge in [-0.2, -0.15) is 0 Å². The number of carbonyl (C=O) groups is 4. The highest BCUT2D eigenvalue weighted by molar-refractivity contribution is 5.94. The molecule has 2 aromatic carbocycles. The summed E-state index contributed by atoms with van der Waals surface area (Å²) in [6, 6.07) is 15.7. The van der Waals surface area contributed by atoms with Gasteiger partial charge in [-0.05, 0) is 70.7 Å². The molecule has 1 amide bonds. The molecule has 40 heavy (non-hydrogen) atoms. The molecule has 0 fully saturated rings. The molecule has 1 aliphatic carbocycles. The predicted molar refractivity (Wildman–Crippen MR) is 148 cm³/mol. The molecular weight excluding hydrogens is 514 g/mol. The van der Waals surface area contributed by atoms with Crippen LogP contribution in [-0.2, 0) is 33.3 Å². The van der Waals surface area contributed by atoms with E-state index in [1.54, 1.807) is 48.5 Å². The Morgan fingerprint density at radius 3 is 1.60 bits per heavy atom. The number of hydrogen-bond acceptors (Lipinski definition) is 8. The topological polar surface area (TPSA) is 117 Å². The van der Waals surface area contributed by atoms with Crippen molar-refractivity contribution in [2.45, 2.75) is 84.0 Å². The Morgan fingerprint density at radius 1 is 0.725 bits per heavy atom. The molecule has 0 atom stereocenters. The molecule has 0 saturated heterocycles. The van der Waals surface area contributed by atoms with Crippen LogP contribution in [0, 0.1) is 0 Å². The summed E-state index contributed by atoms with van der Waals surface area (Å²) in [5.41, 5.74) is 0.292. The maximum Gasteiger partial charge on any atom is 0.408 e. The van der Waals surface area contributed by atoms with Gasteiger partial charge in [0.1, 0.15) is 17.8 Å². The summed E-state index contributed by atoms with van der Waals surface area (Å²) in [7, 11) is 0. The van der Waals surface area contributed by atoms with Crippen LogP contribution in [0.2, 0.25) is 0 Å². The number of ether oxygens (including phenoxy) is 4. The molecule has 1 N–H and O–H groups in total. The molecule has 0 heterocycles. The van der Waals surface area contributed by atoms with Gasteiger partial charge in [-0.3, -0.25) is 9.59 Å². The second-order valence-electron chi connectivity index (χ2n) is 11.8. The van der Waals surface area contributed by atoms with Crippen molar-refractivity contribution in [3.8, 4) is 11.1 Å². The third-order valence-electron chi connectivity index (χ3n) is 6.08. The molecule has 0 unspecified atom stereocenters. The molecule has 0 bridgehead atoms. The van der Waals surface area contributed by atoms with Crippen molar-refractivity contribution in [1.82, 2.24) is 5.32 Å². The fourth-order valence-electron chi connectivity index (χ4n) is 4.69. The maximum absolute atomic E-state index is 13.3. The van der Waals surface area contributed by atoms with Crippen molar-refractivity contribution >= 4 is 24.0 Å². The van der Waals surface area contributed by atoms with Crippen LogP contribution in [-0.4, -0.2) is 54.0 Å². The highest BCUT2D eigenvalue weighted by Gasteiger charge is 2.48. The number of carbonyl (C=O) groups excluding carboxylic acids is 4. The molecule has 0 saturated carbocycles. The van der Waals surface area contributed by atoms with Gasteiger partial charge in [0.25, 0.3) is 0 Å². The minimum atomic E-state index is -2.11. The molecule has 9 nitrogen and oxygen atoms in total. The van der Waals surface area contributed by atoms with Crippen molar-refractivity contribution in [3.05, 3.63) is 59.7 Å². The minimum Gasteiger partial charge on any atom is -0.464 e. The number of alkyl carbamates (subject to hydrolysis) is 1. The van der Waals surface area contributed by atoms with Gasteiger partial charge in [0, 0.05) is 5.92 Å². The average molecular weight is 554 g/mol. The quantitative estimate of drug-likeness (QED) is 0.329. The molecule has 0 aliphatic heterocycles. The van der Waals surface area contributed by atoms with Gasteiger partial charge in [-0.1, -0.05) is 48.5 Å². The second kappa shape index (κ2) is 12.1. The Kier molecular flexibility index (Phi) is 9.28. The zero-order valence-electron chi connectivity index (χ0n) is 24.3. The van der Waals surface area contributed by atoms with Gasteiger partial charge in [0.15, 0.2) is 5.54 Å². The number of rotatable bonds is 9. The lowest BCUT2D eigenvalue weighted by molar-refractivity contribution is -0.169. The third kappa shape index (κ3) is 7.83. The Labute approximate surface area is 235 Å². The summed E-state index contributed by atoms with van der Waals surface area (Å²) in [5.74, 6) is -2.81. The van der Waals surface area contributed by atoms with E-state index in [1.807, 2.05) is 48.5 Å². The van der Waals surface area contributed by atoms with E-state index in [4.69, 9.17) is 18.9 Å². The Bertz CT molecular complexity index is 1180. The number of fused-ring (bicyclic) bond motifs is 3. The van der Waals surface area contributed by atoms with Crippen LogP contribution in [0.5, 0.6) is 0 Å². The fourth-order valence-corrected chi connectivity index (χ4v) is 4.69. The molecule has 0 aromatic heterocycles. The van der Waals surface area contributed by atoms with Crippen LogP contribution in [0.1, 0.15) is 78.4 Å². The molecule has 2 aromatic rings. The summed E-state index contributed by atoms with van der Waals surface area (Å²) >= 11 is 0. The Balaban J connectivity index is 1.87. The van der Waals surface area contributed by atoms with Crippen molar-refractivity contribution in [2.75, 3.05) is 13.2 Å². The number of amides is 1. The van der Waals surface area contributed by atoms with E-state index in [1.165, 1.54) is 0 Å². The number of hydrogen-bond donors (Lipinski definition) is 1. The Morgan fingerprint density at radius 2 is 1.18 bits per heavy atom. The first-order chi connectivity index (χ1) is 18.6. The highest BCUT2D eigenvalue weighted by Crippen LogP contribution is 2.44. The van der Waals surface area contributed by atoms with Crippen LogP contribution in [0.15, 0.2) is 48.5 Å². The van der Waals surface area contributed by atoms with E-state index in [2.05, 4.69) is 5.32 Å². The van der Waals surface area contributed by atoms with Gasteiger partial charge in [0.2, 0.25) is 0 Å². The maximum atomic E-state index is 13.3. The van der Waals surface area contributed by atoms with E-state index in [0.29, 0.717) is 0 Å². The smallest absolute Gasteiger partial charge is 0.408 e. The lowest BCUT2D eigenvalue weighted by Gasteiger charge is -2.32. The van der Waals surface area contributed by atoms with Gasteiger partial charge in [-0.15, -0.1) is 0 Å². The van der Waals surface area contributed by atoms with Crippen LogP contribution in [0.25, 0.3) is 11.1 Å². The number of benzene rings is 2. The molecule has 3 rings (SSSR count). The van der Waals surface area contributed by atoms with Crippen molar-refractivity contribution < 1.29 is 38.1 Å². The SMILES string of the molecule is CCOC(=O)C(CC(=O)OC(C)(C)C)(CC(=O)OC(C)(C)C)NC(=O)OCC1c2ccccc2-c2ccccc21. The van der Waals surface area contributed by atoms with Gasteiger partial charge in [0.05, 0.1) is 19.4 Å². The van der Waals surface area contributed by atoms with Crippen LogP contribution >= 0.6 is 0 Å². The first-order valence-corrected chi connectivity index (χ1v) is 13.4. The zero-order valence-corrected chi connectivity index (χ0v) is 24.3. The Hall–Kier alpha value is -3.88. The number of nitrogens with one attached hydrogen (secondary N) is 1. The highest BCUT2D eigenvalue weighted by atomic mass is 16.6. The number of esters is 3. The second-order valence-corrected chi connectivity index (χ2v) is 11.8. The standard InChI is InChI=1S/C31H39NO8/c1-8-37-27(35)31(17-25(33)39-29(2,3)4,18-26(34)40-30(5,6)7)32-28(36)38-19-24-22-15-11-9-13-20(22)21-14-10-12-16-23(21)24/h9-16,24H,8,17-19H2,1-7H3,(H,32,36). The molecule has 1 aliphatic rings. The van der Waals surface area contributed by atoms with Crippen molar-refractivity contribution in [1.29, 1.82) is 0 Å².